The monoisotopic (exact) mass is 244 g/mol. The highest BCUT2D eigenvalue weighted by Gasteiger charge is 2.26. The summed E-state index contributed by atoms with van der Waals surface area (Å²) < 4.78 is 0. The highest BCUT2D eigenvalue weighted by atomic mass is 28.2. The standard InChI is InChI=1S/C13H32N2Si/c1-7-12(8-2)16-14-13(9-3,10-4)11-15(5)6/h12,14H,7-11,16H2,1-6H3. The number of likely N-dealkylation sites (N-methyl/N-ethyl adjacent to an activating group) is 1. The average Bonchev–Trinajstić information content (AvgIpc) is 2.28. The van der Waals surface area contributed by atoms with Gasteiger partial charge < -0.3 is 9.88 Å². The molecule has 0 aromatic rings. The molecule has 16 heavy (non-hydrogen) atoms. The Bertz CT molecular complexity index is 163. The first-order valence-electron chi connectivity index (χ1n) is 6.93. The van der Waals surface area contributed by atoms with Gasteiger partial charge in [0.05, 0.1) is 9.68 Å². The lowest BCUT2D eigenvalue weighted by atomic mass is 9.94. The van der Waals surface area contributed by atoms with Crippen molar-refractivity contribution in [3.05, 3.63) is 0 Å². The van der Waals surface area contributed by atoms with Crippen LogP contribution < -0.4 is 4.98 Å². The van der Waals surface area contributed by atoms with Crippen LogP contribution in [0, 0.1) is 0 Å². The van der Waals surface area contributed by atoms with Gasteiger partial charge in [0.2, 0.25) is 0 Å². The first-order valence-corrected chi connectivity index (χ1v) is 8.45. The van der Waals surface area contributed by atoms with Crippen LogP contribution in [-0.4, -0.2) is 40.8 Å². The first-order chi connectivity index (χ1) is 7.53. The second-order valence-electron chi connectivity index (χ2n) is 5.29. The molecule has 0 spiro atoms. The number of nitrogens with one attached hydrogen (secondary N) is 1. The molecule has 0 fully saturated rings. The zero-order valence-corrected chi connectivity index (χ0v) is 13.7. The van der Waals surface area contributed by atoms with E-state index in [1.807, 2.05) is 0 Å². The summed E-state index contributed by atoms with van der Waals surface area (Å²) in [6.45, 7) is 10.5. The van der Waals surface area contributed by atoms with Crippen LogP contribution in [0.2, 0.25) is 5.54 Å². The van der Waals surface area contributed by atoms with E-state index in [1.54, 1.807) is 0 Å². The minimum Gasteiger partial charge on any atom is -0.336 e. The minimum absolute atomic E-state index is 0.120. The van der Waals surface area contributed by atoms with Gasteiger partial charge in [0.15, 0.2) is 0 Å². The summed E-state index contributed by atoms with van der Waals surface area (Å²) >= 11 is 0. The molecule has 0 atom stereocenters. The lowest BCUT2D eigenvalue weighted by Gasteiger charge is -2.37. The van der Waals surface area contributed by atoms with Crippen molar-refractivity contribution in [2.45, 2.75) is 64.5 Å². The smallest absolute Gasteiger partial charge is 0.0953 e. The van der Waals surface area contributed by atoms with Gasteiger partial charge in [0, 0.05) is 12.1 Å². The van der Waals surface area contributed by atoms with Gasteiger partial charge in [-0.05, 0) is 32.5 Å². The Morgan fingerprint density at radius 2 is 1.56 bits per heavy atom. The molecule has 98 valence electrons. The highest BCUT2D eigenvalue weighted by molar-refractivity contribution is 6.34. The third-order valence-corrected chi connectivity index (χ3v) is 6.58. The van der Waals surface area contributed by atoms with E-state index >= 15 is 0 Å². The summed E-state index contributed by atoms with van der Waals surface area (Å²) in [6, 6.07) is 0. The maximum Gasteiger partial charge on any atom is 0.0953 e. The van der Waals surface area contributed by atoms with Gasteiger partial charge in [-0.25, -0.2) is 0 Å². The molecule has 0 amide bonds. The van der Waals surface area contributed by atoms with Crippen LogP contribution in [0.1, 0.15) is 53.4 Å². The van der Waals surface area contributed by atoms with Crippen LogP contribution in [0.15, 0.2) is 0 Å². The molecule has 0 aliphatic carbocycles. The maximum atomic E-state index is 3.96. The summed E-state index contributed by atoms with van der Waals surface area (Å²) in [5.74, 6) is 0. The van der Waals surface area contributed by atoms with E-state index in [9.17, 15) is 0 Å². The Labute approximate surface area is 105 Å². The molecule has 0 unspecified atom stereocenters. The van der Waals surface area contributed by atoms with Crippen LogP contribution in [-0.2, 0) is 0 Å². The van der Waals surface area contributed by atoms with E-state index in [-0.39, 0.29) is 9.68 Å². The van der Waals surface area contributed by atoms with Crippen molar-refractivity contribution in [3.8, 4) is 0 Å². The minimum atomic E-state index is -0.120. The van der Waals surface area contributed by atoms with Crippen molar-refractivity contribution in [3.63, 3.8) is 0 Å². The molecule has 0 saturated carbocycles. The Morgan fingerprint density at radius 3 is 1.88 bits per heavy atom. The Kier molecular flexibility index (Phi) is 8.33. The summed E-state index contributed by atoms with van der Waals surface area (Å²) in [5, 5.41) is 0. The van der Waals surface area contributed by atoms with Crippen molar-refractivity contribution in [1.82, 2.24) is 9.88 Å². The quantitative estimate of drug-likeness (QED) is 0.627. The molecule has 0 aromatic carbocycles. The zero-order valence-electron chi connectivity index (χ0n) is 12.3. The van der Waals surface area contributed by atoms with E-state index in [0.717, 1.165) is 5.54 Å². The number of rotatable bonds is 9. The van der Waals surface area contributed by atoms with E-state index < -0.39 is 0 Å². The molecule has 0 saturated heterocycles. The topological polar surface area (TPSA) is 15.3 Å². The van der Waals surface area contributed by atoms with E-state index in [0.29, 0.717) is 5.54 Å². The van der Waals surface area contributed by atoms with Gasteiger partial charge in [-0.15, -0.1) is 0 Å². The largest absolute Gasteiger partial charge is 0.336 e. The first kappa shape index (κ1) is 16.1. The van der Waals surface area contributed by atoms with Crippen molar-refractivity contribution in [2.24, 2.45) is 0 Å². The van der Waals surface area contributed by atoms with Gasteiger partial charge in [-0.1, -0.05) is 40.5 Å². The van der Waals surface area contributed by atoms with Crippen molar-refractivity contribution in [1.29, 1.82) is 0 Å². The van der Waals surface area contributed by atoms with Gasteiger partial charge >= 0.3 is 0 Å². The zero-order chi connectivity index (χ0) is 12.6. The lowest BCUT2D eigenvalue weighted by molar-refractivity contribution is 0.247. The number of hydrogen-bond donors (Lipinski definition) is 1. The fourth-order valence-corrected chi connectivity index (χ4v) is 4.23. The average molecular weight is 244 g/mol. The number of hydrogen-bond acceptors (Lipinski definition) is 2. The molecule has 0 radical (unpaired) electrons. The van der Waals surface area contributed by atoms with Gasteiger partial charge in [-0.2, -0.15) is 0 Å². The molecule has 0 aliphatic rings. The summed E-state index contributed by atoms with van der Waals surface area (Å²) in [7, 11) is 4.24. The molecular weight excluding hydrogens is 212 g/mol. The van der Waals surface area contributed by atoms with Crippen LogP contribution in [0.4, 0.5) is 0 Å². The Morgan fingerprint density at radius 1 is 1.06 bits per heavy atom. The predicted octanol–water partition coefficient (Wildman–Crippen LogP) is 2.39. The van der Waals surface area contributed by atoms with Crippen LogP contribution in [0.3, 0.4) is 0 Å². The maximum absolute atomic E-state index is 3.96. The second-order valence-corrected chi connectivity index (χ2v) is 7.21. The van der Waals surface area contributed by atoms with E-state index in [1.165, 1.54) is 32.2 Å². The highest BCUT2D eigenvalue weighted by Crippen LogP contribution is 2.19. The SMILES string of the molecule is CCC(CC)[SiH2]NC(CC)(CC)CN(C)C. The van der Waals surface area contributed by atoms with Gasteiger partial charge in [0.1, 0.15) is 0 Å². The lowest BCUT2D eigenvalue weighted by Crippen LogP contribution is -2.53. The summed E-state index contributed by atoms with van der Waals surface area (Å²) in [4.78, 5) is 6.28. The molecule has 3 heteroatoms. The van der Waals surface area contributed by atoms with Crippen molar-refractivity contribution >= 4 is 9.68 Å². The molecule has 2 nitrogen and oxygen atoms in total. The van der Waals surface area contributed by atoms with Crippen molar-refractivity contribution < 1.29 is 0 Å². The fourth-order valence-electron chi connectivity index (χ4n) is 2.32. The molecular formula is C13H32N2Si. The molecule has 0 aliphatic heterocycles. The Hall–Kier alpha value is 0.137. The Balaban J connectivity index is 4.30. The normalized spacial score (nSPS) is 13.5. The second kappa shape index (κ2) is 8.26. The summed E-state index contributed by atoms with van der Waals surface area (Å²) in [5.41, 5.74) is 1.35. The van der Waals surface area contributed by atoms with Crippen LogP contribution in [0.25, 0.3) is 0 Å². The van der Waals surface area contributed by atoms with Crippen molar-refractivity contribution in [2.75, 3.05) is 20.6 Å². The van der Waals surface area contributed by atoms with Gasteiger partial charge in [-0.3, -0.25) is 0 Å². The molecule has 0 aromatic heterocycles. The van der Waals surface area contributed by atoms with E-state index in [4.69, 9.17) is 0 Å². The molecule has 1 N–H and O–H groups in total. The number of nitrogens with zero attached hydrogens (tertiary/aromatic N) is 1. The molecule has 0 rings (SSSR count). The van der Waals surface area contributed by atoms with Crippen LogP contribution >= 0.6 is 0 Å². The third kappa shape index (κ3) is 5.46. The summed E-state index contributed by atoms with van der Waals surface area (Å²) in [6.07, 6.45) is 5.19. The van der Waals surface area contributed by atoms with E-state index in [2.05, 4.69) is 51.7 Å². The molecule has 0 heterocycles. The predicted molar refractivity (Wildman–Crippen MR) is 77.9 cm³/mol. The van der Waals surface area contributed by atoms with Gasteiger partial charge in [0.25, 0.3) is 0 Å². The third-order valence-electron chi connectivity index (χ3n) is 3.89. The fraction of sp³-hybridized carbons (Fsp3) is 1.00. The van der Waals surface area contributed by atoms with Crippen LogP contribution in [0.5, 0.6) is 0 Å². The molecule has 0 bridgehead atoms.